The Balaban J connectivity index is 1.93. The number of carboxylic acid groups (broad SMARTS) is 1. The average Bonchev–Trinajstić information content (AvgIpc) is 2.65. The molecule has 26 heavy (non-hydrogen) atoms. The summed E-state index contributed by atoms with van der Waals surface area (Å²) in [5, 5.41) is 13.7. The Labute approximate surface area is 150 Å². The maximum absolute atomic E-state index is 12.9. The number of aryl methyl sites for hydroxylation is 1. The number of carbonyl (C=O) groups excluding carboxylic acids is 1. The van der Waals surface area contributed by atoms with Crippen molar-refractivity contribution in [1.82, 2.24) is 14.7 Å². The first-order valence-electron chi connectivity index (χ1n) is 8.70. The van der Waals surface area contributed by atoms with Crippen molar-refractivity contribution in [2.24, 2.45) is 0 Å². The SMILES string of the molecule is CCCCn1nc(C(=O)N2Cc3ccccc3C[C@@H]2C(=O)O)ccc1=O. The van der Waals surface area contributed by atoms with Gasteiger partial charge in [0.15, 0.2) is 0 Å². The number of aliphatic carboxylic acids is 1. The van der Waals surface area contributed by atoms with Crippen LogP contribution in [0.2, 0.25) is 0 Å². The third kappa shape index (κ3) is 3.51. The quantitative estimate of drug-likeness (QED) is 0.881. The number of carboxylic acids is 1. The number of hydrogen-bond donors (Lipinski definition) is 1. The molecule has 0 unspecified atom stereocenters. The molecule has 1 amide bonds. The van der Waals surface area contributed by atoms with E-state index in [9.17, 15) is 19.5 Å². The van der Waals surface area contributed by atoms with Crippen LogP contribution in [0.1, 0.15) is 41.4 Å². The molecule has 3 rings (SSSR count). The summed E-state index contributed by atoms with van der Waals surface area (Å²) < 4.78 is 1.27. The van der Waals surface area contributed by atoms with Crippen LogP contribution < -0.4 is 5.56 Å². The predicted molar refractivity (Wildman–Crippen MR) is 94.8 cm³/mol. The molecule has 0 fully saturated rings. The van der Waals surface area contributed by atoms with E-state index in [1.54, 1.807) is 0 Å². The molecule has 1 aliphatic rings. The fraction of sp³-hybridized carbons (Fsp3) is 0.368. The Morgan fingerprint density at radius 1 is 1.19 bits per heavy atom. The lowest BCUT2D eigenvalue weighted by Crippen LogP contribution is -2.49. The number of fused-ring (bicyclic) bond motifs is 1. The molecular weight excluding hydrogens is 334 g/mol. The Hall–Kier alpha value is -2.96. The molecule has 0 saturated heterocycles. The fourth-order valence-corrected chi connectivity index (χ4v) is 3.14. The summed E-state index contributed by atoms with van der Waals surface area (Å²) in [6, 6.07) is 9.23. The lowest BCUT2D eigenvalue weighted by atomic mass is 9.93. The number of carbonyl (C=O) groups is 2. The number of nitrogens with zero attached hydrogens (tertiary/aromatic N) is 3. The highest BCUT2D eigenvalue weighted by Crippen LogP contribution is 2.24. The zero-order valence-corrected chi connectivity index (χ0v) is 14.6. The second-order valence-electron chi connectivity index (χ2n) is 6.39. The van der Waals surface area contributed by atoms with Crippen molar-refractivity contribution in [1.29, 1.82) is 0 Å². The van der Waals surface area contributed by atoms with Gasteiger partial charge in [-0.15, -0.1) is 0 Å². The fourth-order valence-electron chi connectivity index (χ4n) is 3.14. The number of benzene rings is 1. The van der Waals surface area contributed by atoms with E-state index in [1.807, 2.05) is 31.2 Å². The number of aromatic nitrogens is 2. The Morgan fingerprint density at radius 3 is 2.62 bits per heavy atom. The molecule has 1 aromatic heterocycles. The van der Waals surface area contributed by atoms with Crippen molar-refractivity contribution >= 4 is 11.9 Å². The van der Waals surface area contributed by atoms with Gasteiger partial charge in [0.1, 0.15) is 11.7 Å². The van der Waals surface area contributed by atoms with Gasteiger partial charge in [-0.3, -0.25) is 9.59 Å². The second-order valence-corrected chi connectivity index (χ2v) is 6.39. The monoisotopic (exact) mass is 355 g/mol. The first-order valence-corrected chi connectivity index (χ1v) is 8.70. The molecule has 1 N–H and O–H groups in total. The van der Waals surface area contributed by atoms with E-state index in [-0.39, 0.29) is 24.2 Å². The molecule has 0 aliphatic carbocycles. The zero-order chi connectivity index (χ0) is 18.7. The van der Waals surface area contributed by atoms with E-state index >= 15 is 0 Å². The highest BCUT2D eigenvalue weighted by Gasteiger charge is 2.35. The van der Waals surface area contributed by atoms with E-state index in [2.05, 4.69) is 5.10 Å². The summed E-state index contributed by atoms with van der Waals surface area (Å²) in [6.45, 7) is 2.64. The molecule has 2 aromatic rings. The topological polar surface area (TPSA) is 92.5 Å². The molecule has 1 aromatic carbocycles. The molecular formula is C19H21N3O4. The summed E-state index contributed by atoms with van der Waals surface area (Å²) in [5.41, 5.74) is 1.68. The smallest absolute Gasteiger partial charge is 0.326 e. The number of amides is 1. The number of hydrogen-bond acceptors (Lipinski definition) is 4. The Bertz CT molecular complexity index is 890. The van der Waals surface area contributed by atoms with E-state index in [4.69, 9.17) is 0 Å². The molecule has 0 radical (unpaired) electrons. The van der Waals surface area contributed by atoms with Gasteiger partial charge in [0.25, 0.3) is 11.5 Å². The molecule has 1 atom stereocenters. The normalized spacial score (nSPS) is 16.2. The van der Waals surface area contributed by atoms with Gasteiger partial charge in [0.05, 0.1) is 0 Å². The van der Waals surface area contributed by atoms with Crippen LogP contribution in [0.25, 0.3) is 0 Å². The standard InChI is InChI=1S/C19H21N3O4/c1-2-3-10-22-17(23)9-8-15(20-22)18(24)21-12-14-7-5-4-6-13(14)11-16(21)19(25)26/h4-9,16H,2-3,10-12H2,1H3,(H,25,26)/t16-/m1/s1. The first-order chi connectivity index (χ1) is 12.5. The molecule has 0 bridgehead atoms. The zero-order valence-electron chi connectivity index (χ0n) is 14.6. The number of rotatable bonds is 5. The van der Waals surface area contributed by atoms with Gasteiger partial charge in [-0.1, -0.05) is 37.6 Å². The molecule has 2 heterocycles. The Morgan fingerprint density at radius 2 is 1.92 bits per heavy atom. The van der Waals surface area contributed by atoms with Gasteiger partial charge in [-0.2, -0.15) is 5.10 Å². The van der Waals surface area contributed by atoms with Gasteiger partial charge in [0.2, 0.25) is 0 Å². The maximum atomic E-state index is 12.9. The van der Waals surface area contributed by atoms with Crippen LogP contribution in [0.4, 0.5) is 0 Å². The van der Waals surface area contributed by atoms with Crippen LogP contribution in [0.3, 0.4) is 0 Å². The van der Waals surface area contributed by atoms with Crippen molar-refractivity contribution in [3.05, 3.63) is 63.6 Å². The van der Waals surface area contributed by atoms with Crippen molar-refractivity contribution in [2.75, 3.05) is 0 Å². The summed E-state index contributed by atoms with van der Waals surface area (Å²) in [4.78, 5) is 37.9. The van der Waals surface area contributed by atoms with Gasteiger partial charge in [-0.05, 0) is 23.6 Å². The van der Waals surface area contributed by atoms with E-state index in [0.717, 1.165) is 24.0 Å². The van der Waals surface area contributed by atoms with Crippen LogP contribution >= 0.6 is 0 Å². The van der Waals surface area contributed by atoms with Crippen LogP contribution in [-0.2, 0) is 24.3 Å². The van der Waals surface area contributed by atoms with Crippen LogP contribution in [0, 0.1) is 0 Å². The third-order valence-electron chi connectivity index (χ3n) is 4.60. The van der Waals surface area contributed by atoms with Gasteiger partial charge >= 0.3 is 5.97 Å². The van der Waals surface area contributed by atoms with E-state index in [1.165, 1.54) is 21.7 Å². The van der Waals surface area contributed by atoms with Gasteiger partial charge in [-0.25, -0.2) is 9.48 Å². The third-order valence-corrected chi connectivity index (χ3v) is 4.60. The molecule has 136 valence electrons. The maximum Gasteiger partial charge on any atom is 0.326 e. The minimum absolute atomic E-state index is 0.0892. The highest BCUT2D eigenvalue weighted by atomic mass is 16.4. The molecule has 7 nitrogen and oxygen atoms in total. The predicted octanol–water partition coefficient (Wildman–Crippen LogP) is 1.70. The van der Waals surface area contributed by atoms with E-state index < -0.39 is 17.9 Å². The summed E-state index contributed by atoms with van der Waals surface area (Å²) >= 11 is 0. The minimum Gasteiger partial charge on any atom is -0.480 e. The molecule has 0 saturated carbocycles. The molecule has 0 spiro atoms. The first kappa shape index (κ1) is 17.8. The average molecular weight is 355 g/mol. The lowest BCUT2D eigenvalue weighted by Gasteiger charge is -2.34. The molecule has 7 heteroatoms. The van der Waals surface area contributed by atoms with Crippen molar-refractivity contribution < 1.29 is 14.7 Å². The lowest BCUT2D eigenvalue weighted by molar-refractivity contribution is -0.142. The van der Waals surface area contributed by atoms with Crippen LogP contribution in [-0.4, -0.2) is 37.7 Å². The van der Waals surface area contributed by atoms with Crippen LogP contribution in [0.5, 0.6) is 0 Å². The Kier molecular flexibility index (Phi) is 5.16. The van der Waals surface area contributed by atoms with Gasteiger partial charge < -0.3 is 10.0 Å². The van der Waals surface area contributed by atoms with Crippen molar-refractivity contribution in [2.45, 2.75) is 45.3 Å². The van der Waals surface area contributed by atoms with E-state index in [0.29, 0.717) is 6.54 Å². The van der Waals surface area contributed by atoms with Gasteiger partial charge in [0, 0.05) is 25.6 Å². The highest BCUT2D eigenvalue weighted by molar-refractivity contribution is 5.95. The van der Waals surface area contributed by atoms with Crippen LogP contribution in [0.15, 0.2) is 41.2 Å². The minimum atomic E-state index is -1.05. The van der Waals surface area contributed by atoms with Crippen molar-refractivity contribution in [3.63, 3.8) is 0 Å². The second kappa shape index (κ2) is 7.51. The summed E-state index contributed by atoms with van der Waals surface area (Å²) in [5.74, 6) is -1.52. The molecule has 1 aliphatic heterocycles. The largest absolute Gasteiger partial charge is 0.480 e. The summed E-state index contributed by atoms with van der Waals surface area (Å²) in [7, 11) is 0. The van der Waals surface area contributed by atoms with Crippen molar-refractivity contribution in [3.8, 4) is 0 Å². The number of unbranched alkanes of at least 4 members (excludes halogenated alkanes) is 1. The summed E-state index contributed by atoms with van der Waals surface area (Å²) in [6.07, 6.45) is 1.93.